The molecule has 126 valence electrons. The number of carbonyl (C=O) groups is 2. The first-order valence-electron chi connectivity index (χ1n) is 7.65. The van der Waals surface area contributed by atoms with Gasteiger partial charge in [-0.2, -0.15) is 0 Å². The smallest absolute Gasteiger partial charge is 0.247 e. The molecule has 2 rings (SSSR count). The van der Waals surface area contributed by atoms with Crippen molar-refractivity contribution in [2.24, 2.45) is 5.92 Å². The molecule has 1 aromatic carbocycles. The molecule has 6 nitrogen and oxygen atoms in total. The standard InChI is InChI=1S/C16H22N2O4S/c1-11(19)17-15(12-5-3-4-6-12)16(20)18-13-7-9-14(10-8-13)23(2,21)22/h7-10,12,15H,3-6H2,1-2H3,(H,17,19)(H,18,20). The molecule has 23 heavy (non-hydrogen) atoms. The Bertz CT molecular complexity index is 677. The van der Waals surface area contributed by atoms with E-state index in [0.29, 0.717) is 5.69 Å². The van der Waals surface area contributed by atoms with Gasteiger partial charge in [-0.05, 0) is 43.0 Å². The Labute approximate surface area is 136 Å². The summed E-state index contributed by atoms with van der Waals surface area (Å²) in [5.41, 5.74) is 0.510. The lowest BCUT2D eigenvalue weighted by molar-refractivity contribution is -0.126. The first-order valence-corrected chi connectivity index (χ1v) is 9.54. The maximum Gasteiger partial charge on any atom is 0.247 e. The maximum absolute atomic E-state index is 12.5. The van der Waals surface area contributed by atoms with Crippen LogP contribution in [-0.4, -0.2) is 32.5 Å². The highest BCUT2D eigenvalue weighted by atomic mass is 32.2. The van der Waals surface area contributed by atoms with E-state index in [1.807, 2.05) is 0 Å². The maximum atomic E-state index is 12.5. The van der Waals surface area contributed by atoms with Gasteiger partial charge in [-0.25, -0.2) is 8.42 Å². The molecule has 1 atom stereocenters. The van der Waals surface area contributed by atoms with Crippen LogP contribution in [0.15, 0.2) is 29.2 Å². The molecule has 1 unspecified atom stereocenters. The van der Waals surface area contributed by atoms with Crippen LogP contribution in [-0.2, 0) is 19.4 Å². The molecular formula is C16H22N2O4S. The van der Waals surface area contributed by atoms with E-state index in [-0.39, 0.29) is 22.6 Å². The largest absolute Gasteiger partial charge is 0.344 e. The Morgan fingerprint density at radius 1 is 1.13 bits per heavy atom. The monoisotopic (exact) mass is 338 g/mol. The molecule has 0 radical (unpaired) electrons. The number of sulfone groups is 1. The minimum absolute atomic E-state index is 0.147. The van der Waals surface area contributed by atoms with Crippen molar-refractivity contribution in [1.82, 2.24) is 5.32 Å². The third-order valence-corrected chi connectivity index (χ3v) is 5.19. The van der Waals surface area contributed by atoms with Crippen LogP contribution in [0.4, 0.5) is 5.69 Å². The second-order valence-electron chi connectivity index (χ2n) is 6.01. The number of hydrogen-bond donors (Lipinski definition) is 2. The number of hydrogen-bond acceptors (Lipinski definition) is 4. The van der Waals surface area contributed by atoms with Gasteiger partial charge in [0.25, 0.3) is 0 Å². The highest BCUT2D eigenvalue weighted by molar-refractivity contribution is 7.90. The van der Waals surface area contributed by atoms with E-state index < -0.39 is 15.9 Å². The number of carbonyl (C=O) groups excluding carboxylic acids is 2. The Kier molecular flexibility index (Phi) is 5.41. The Hall–Kier alpha value is -1.89. The summed E-state index contributed by atoms with van der Waals surface area (Å²) < 4.78 is 22.9. The van der Waals surface area contributed by atoms with E-state index >= 15 is 0 Å². The predicted octanol–water partition coefficient (Wildman–Crippen LogP) is 1.72. The second-order valence-corrected chi connectivity index (χ2v) is 8.02. The fourth-order valence-corrected chi connectivity index (χ4v) is 3.54. The van der Waals surface area contributed by atoms with Crippen LogP contribution in [0.2, 0.25) is 0 Å². The summed E-state index contributed by atoms with van der Waals surface area (Å²) in [7, 11) is -3.26. The van der Waals surface area contributed by atoms with E-state index in [1.54, 1.807) is 12.1 Å². The van der Waals surface area contributed by atoms with E-state index in [0.717, 1.165) is 31.9 Å². The summed E-state index contributed by atoms with van der Waals surface area (Å²) in [5, 5.41) is 5.49. The highest BCUT2D eigenvalue weighted by Gasteiger charge is 2.31. The first kappa shape index (κ1) is 17.5. The fraction of sp³-hybridized carbons (Fsp3) is 0.500. The molecule has 0 heterocycles. The van der Waals surface area contributed by atoms with Crippen molar-refractivity contribution >= 4 is 27.3 Å². The zero-order valence-electron chi connectivity index (χ0n) is 13.3. The highest BCUT2D eigenvalue weighted by Crippen LogP contribution is 2.28. The third kappa shape index (κ3) is 4.79. The lowest BCUT2D eigenvalue weighted by atomic mass is 9.97. The summed E-state index contributed by atoms with van der Waals surface area (Å²) in [4.78, 5) is 24.0. The lowest BCUT2D eigenvalue weighted by Crippen LogP contribution is -2.47. The minimum Gasteiger partial charge on any atom is -0.344 e. The van der Waals surface area contributed by atoms with Gasteiger partial charge in [0.1, 0.15) is 6.04 Å². The molecule has 0 spiro atoms. The molecule has 1 aromatic rings. The molecule has 0 bridgehead atoms. The molecule has 1 saturated carbocycles. The van der Waals surface area contributed by atoms with Crippen molar-refractivity contribution in [2.75, 3.05) is 11.6 Å². The molecule has 0 aliphatic heterocycles. The zero-order valence-corrected chi connectivity index (χ0v) is 14.2. The quantitative estimate of drug-likeness (QED) is 0.855. The first-order chi connectivity index (χ1) is 10.8. The summed E-state index contributed by atoms with van der Waals surface area (Å²) in [5.74, 6) is -0.349. The van der Waals surface area contributed by atoms with Crippen molar-refractivity contribution < 1.29 is 18.0 Å². The zero-order chi connectivity index (χ0) is 17.0. The van der Waals surface area contributed by atoms with Gasteiger partial charge < -0.3 is 10.6 Å². The molecule has 2 amide bonds. The van der Waals surface area contributed by atoms with Gasteiger partial charge in [0.15, 0.2) is 9.84 Å². The predicted molar refractivity (Wildman–Crippen MR) is 87.7 cm³/mol. The molecule has 1 aliphatic rings. The van der Waals surface area contributed by atoms with Gasteiger partial charge in [0.2, 0.25) is 11.8 Å². The molecule has 7 heteroatoms. The van der Waals surface area contributed by atoms with Crippen molar-refractivity contribution in [2.45, 2.75) is 43.5 Å². The Morgan fingerprint density at radius 2 is 1.70 bits per heavy atom. The van der Waals surface area contributed by atoms with Crippen molar-refractivity contribution in [3.05, 3.63) is 24.3 Å². The van der Waals surface area contributed by atoms with Gasteiger partial charge in [0, 0.05) is 18.9 Å². The van der Waals surface area contributed by atoms with Gasteiger partial charge in [-0.3, -0.25) is 9.59 Å². The normalized spacial score (nSPS) is 16.8. The summed E-state index contributed by atoms with van der Waals surface area (Å²) >= 11 is 0. The van der Waals surface area contributed by atoms with Crippen LogP contribution < -0.4 is 10.6 Å². The average molecular weight is 338 g/mol. The van der Waals surface area contributed by atoms with Crippen molar-refractivity contribution in [3.8, 4) is 0 Å². The van der Waals surface area contributed by atoms with E-state index in [9.17, 15) is 18.0 Å². The second kappa shape index (κ2) is 7.12. The van der Waals surface area contributed by atoms with Crippen LogP contribution in [0.25, 0.3) is 0 Å². The van der Waals surface area contributed by atoms with E-state index in [4.69, 9.17) is 0 Å². The van der Waals surface area contributed by atoms with Crippen molar-refractivity contribution in [3.63, 3.8) is 0 Å². The van der Waals surface area contributed by atoms with Crippen LogP contribution in [0.5, 0.6) is 0 Å². The SMILES string of the molecule is CC(=O)NC(C(=O)Nc1ccc(S(C)(=O)=O)cc1)C1CCCC1. The number of amides is 2. The summed E-state index contributed by atoms with van der Waals surface area (Å²) in [6.45, 7) is 1.40. The lowest BCUT2D eigenvalue weighted by Gasteiger charge is -2.23. The van der Waals surface area contributed by atoms with Crippen LogP contribution in [0.3, 0.4) is 0 Å². The third-order valence-electron chi connectivity index (χ3n) is 4.06. The number of benzene rings is 1. The van der Waals surface area contributed by atoms with E-state index in [1.165, 1.54) is 19.1 Å². The van der Waals surface area contributed by atoms with Gasteiger partial charge in [0.05, 0.1) is 4.90 Å². The van der Waals surface area contributed by atoms with Crippen molar-refractivity contribution in [1.29, 1.82) is 0 Å². The van der Waals surface area contributed by atoms with Gasteiger partial charge in [-0.1, -0.05) is 12.8 Å². The minimum atomic E-state index is -3.26. The van der Waals surface area contributed by atoms with Gasteiger partial charge >= 0.3 is 0 Å². The fourth-order valence-electron chi connectivity index (χ4n) is 2.91. The molecule has 1 fully saturated rings. The number of nitrogens with one attached hydrogen (secondary N) is 2. The molecule has 0 aromatic heterocycles. The average Bonchev–Trinajstić information content (AvgIpc) is 2.98. The van der Waals surface area contributed by atoms with Crippen LogP contribution in [0, 0.1) is 5.92 Å². The van der Waals surface area contributed by atoms with Gasteiger partial charge in [-0.15, -0.1) is 0 Å². The Balaban J connectivity index is 2.09. The molecule has 2 N–H and O–H groups in total. The number of rotatable bonds is 5. The molecular weight excluding hydrogens is 316 g/mol. The number of anilines is 1. The summed E-state index contributed by atoms with van der Waals surface area (Å²) in [6.07, 6.45) is 5.11. The Morgan fingerprint density at radius 3 is 2.17 bits per heavy atom. The van der Waals surface area contributed by atoms with E-state index in [2.05, 4.69) is 10.6 Å². The molecule has 1 aliphatic carbocycles. The van der Waals surface area contributed by atoms with Crippen LogP contribution >= 0.6 is 0 Å². The molecule has 0 saturated heterocycles. The summed E-state index contributed by atoms with van der Waals surface area (Å²) in [6, 6.07) is 5.45. The van der Waals surface area contributed by atoms with Crippen LogP contribution in [0.1, 0.15) is 32.6 Å². The topological polar surface area (TPSA) is 92.3 Å².